The van der Waals surface area contributed by atoms with Crippen LogP contribution < -0.4 is 0 Å². The molecule has 3 heteroatoms. The molecule has 1 unspecified atom stereocenters. The molecule has 0 aromatic rings. The molecular weight excluding hydrogens is 140 g/mol. The Balaban J connectivity index is 3.50. The predicted octanol–water partition coefficient (Wildman–Crippen LogP) is 1.60. The van der Waals surface area contributed by atoms with Gasteiger partial charge < -0.3 is 0 Å². The zero-order valence-electron chi connectivity index (χ0n) is 5.56. The highest BCUT2D eigenvalue weighted by Crippen LogP contribution is 2.10. The van der Waals surface area contributed by atoms with Crippen LogP contribution in [0, 0.1) is 5.92 Å². The van der Waals surface area contributed by atoms with Gasteiger partial charge in [-0.25, -0.2) is 9.90 Å². The second-order valence-electron chi connectivity index (χ2n) is 2.42. The number of carbonyl (C=O) groups excluding carboxylic acids is 1. The summed E-state index contributed by atoms with van der Waals surface area (Å²) in [6.45, 7) is 3.83. The molecule has 0 heterocycles. The molecular formula is C6H10ClO2. The normalized spacial score (nSPS) is 13.8. The minimum atomic E-state index is -1.18. The third-order valence-corrected chi connectivity index (χ3v) is 1.29. The Morgan fingerprint density at radius 3 is 2.11 bits per heavy atom. The maximum absolute atomic E-state index is 9.99. The summed E-state index contributed by atoms with van der Waals surface area (Å²) < 4.78 is 0. The molecule has 9 heavy (non-hydrogen) atoms. The molecule has 2 nitrogen and oxygen atoms in total. The third-order valence-electron chi connectivity index (χ3n) is 0.934. The zero-order valence-corrected chi connectivity index (χ0v) is 6.31. The molecule has 53 valence electrons. The molecule has 1 atom stereocenters. The van der Waals surface area contributed by atoms with Gasteiger partial charge in [-0.2, -0.15) is 0 Å². The van der Waals surface area contributed by atoms with Crippen molar-refractivity contribution in [1.82, 2.24) is 0 Å². The van der Waals surface area contributed by atoms with Gasteiger partial charge in [-0.1, -0.05) is 13.8 Å². The average molecular weight is 150 g/mol. The molecule has 0 aliphatic rings. The first kappa shape index (κ1) is 8.76. The van der Waals surface area contributed by atoms with Crippen molar-refractivity contribution >= 4 is 17.6 Å². The van der Waals surface area contributed by atoms with E-state index in [4.69, 9.17) is 11.6 Å². The van der Waals surface area contributed by atoms with E-state index in [0.717, 1.165) is 0 Å². The second kappa shape index (κ2) is 3.72. The molecule has 0 rings (SSSR count). The summed E-state index contributed by atoms with van der Waals surface area (Å²) in [5.74, 6) is -0.865. The highest BCUT2D eigenvalue weighted by atomic mass is 35.5. The van der Waals surface area contributed by atoms with Crippen LogP contribution >= 0.6 is 11.6 Å². The molecule has 0 spiro atoms. The van der Waals surface area contributed by atoms with E-state index in [1.807, 2.05) is 13.8 Å². The van der Waals surface area contributed by atoms with Crippen molar-refractivity contribution < 1.29 is 9.90 Å². The smallest absolute Gasteiger partial charge is 0.246 e. The maximum Gasteiger partial charge on any atom is 0.373 e. The van der Waals surface area contributed by atoms with Gasteiger partial charge in [0.05, 0.1) is 0 Å². The van der Waals surface area contributed by atoms with Gasteiger partial charge in [0.1, 0.15) is 5.38 Å². The summed E-state index contributed by atoms with van der Waals surface area (Å²) in [6.07, 6.45) is 0.476. The van der Waals surface area contributed by atoms with Crippen molar-refractivity contribution in [2.75, 3.05) is 0 Å². The van der Waals surface area contributed by atoms with Crippen LogP contribution in [0.1, 0.15) is 20.3 Å². The highest BCUT2D eigenvalue weighted by molar-refractivity contribution is 6.29. The van der Waals surface area contributed by atoms with Crippen molar-refractivity contribution in [3.63, 3.8) is 0 Å². The van der Waals surface area contributed by atoms with Gasteiger partial charge in [0.2, 0.25) is 0 Å². The van der Waals surface area contributed by atoms with Crippen molar-refractivity contribution in [2.24, 2.45) is 5.92 Å². The summed E-state index contributed by atoms with van der Waals surface area (Å²) in [6, 6.07) is 0. The molecule has 0 aromatic carbocycles. The van der Waals surface area contributed by atoms with Crippen LogP contribution in [-0.4, -0.2) is 11.3 Å². The number of rotatable bonds is 3. The van der Waals surface area contributed by atoms with Crippen LogP contribution in [0.5, 0.6) is 0 Å². The van der Waals surface area contributed by atoms with Crippen LogP contribution in [0.15, 0.2) is 0 Å². The molecule has 0 amide bonds. The summed E-state index contributed by atoms with van der Waals surface area (Å²) in [5, 5.41) is 9.16. The number of alkyl halides is 1. The SMILES string of the molecule is CC(C)CC(Cl)C([O])=O. The van der Waals surface area contributed by atoms with Crippen LogP contribution in [0.3, 0.4) is 0 Å². The van der Waals surface area contributed by atoms with Gasteiger partial charge in [-0.3, -0.25) is 0 Å². The van der Waals surface area contributed by atoms with Gasteiger partial charge in [0, 0.05) is 0 Å². The van der Waals surface area contributed by atoms with Crippen LogP contribution in [0.25, 0.3) is 0 Å². The van der Waals surface area contributed by atoms with Crippen molar-refractivity contribution in [1.29, 1.82) is 0 Å². The number of hydrogen-bond donors (Lipinski definition) is 0. The fourth-order valence-electron chi connectivity index (χ4n) is 0.510. The minimum absolute atomic E-state index is 0.311. The van der Waals surface area contributed by atoms with E-state index in [-0.39, 0.29) is 0 Å². The summed E-state index contributed by atoms with van der Waals surface area (Å²) >= 11 is 5.35. The van der Waals surface area contributed by atoms with Crippen LogP contribution in [0.2, 0.25) is 0 Å². The molecule has 0 N–H and O–H groups in total. The van der Waals surface area contributed by atoms with Crippen molar-refractivity contribution in [3.8, 4) is 0 Å². The Hall–Kier alpha value is -0.240. The van der Waals surface area contributed by atoms with Gasteiger partial charge >= 0.3 is 5.97 Å². The topological polar surface area (TPSA) is 37.0 Å². The van der Waals surface area contributed by atoms with E-state index >= 15 is 0 Å². The van der Waals surface area contributed by atoms with E-state index < -0.39 is 11.3 Å². The first-order valence-corrected chi connectivity index (χ1v) is 3.32. The predicted molar refractivity (Wildman–Crippen MR) is 34.8 cm³/mol. The largest absolute Gasteiger partial charge is 0.373 e. The Labute approximate surface area is 59.8 Å². The minimum Gasteiger partial charge on any atom is -0.246 e. The molecule has 0 saturated carbocycles. The number of carbonyl (C=O) groups is 1. The lowest BCUT2D eigenvalue weighted by Gasteiger charge is -2.03. The van der Waals surface area contributed by atoms with E-state index in [2.05, 4.69) is 0 Å². The molecule has 0 aliphatic carbocycles. The third kappa shape index (κ3) is 4.28. The molecule has 1 radical (unpaired) electrons. The monoisotopic (exact) mass is 149 g/mol. The van der Waals surface area contributed by atoms with E-state index in [1.165, 1.54) is 0 Å². The molecule has 0 aromatic heterocycles. The molecule has 0 fully saturated rings. The summed E-state index contributed by atoms with van der Waals surface area (Å²) in [7, 11) is 0. The molecule has 0 bridgehead atoms. The van der Waals surface area contributed by atoms with Gasteiger partial charge in [-0.15, -0.1) is 11.6 Å². The first-order valence-electron chi connectivity index (χ1n) is 2.89. The van der Waals surface area contributed by atoms with Crippen molar-refractivity contribution in [3.05, 3.63) is 0 Å². The van der Waals surface area contributed by atoms with E-state index in [1.54, 1.807) is 0 Å². The molecule has 0 aliphatic heterocycles. The Morgan fingerprint density at radius 1 is 1.56 bits per heavy atom. The maximum atomic E-state index is 9.99. The lowest BCUT2D eigenvalue weighted by molar-refractivity contribution is -0.142. The first-order chi connectivity index (χ1) is 4.04. The average Bonchev–Trinajstić information content (AvgIpc) is 1.63. The number of halogens is 1. The lowest BCUT2D eigenvalue weighted by Crippen LogP contribution is -2.13. The summed E-state index contributed by atoms with van der Waals surface area (Å²) in [4.78, 5) is 9.99. The lowest BCUT2D eigenvalue weighted by atomic mass is 10.1. The Kier molecular flexibility index (Phi) is 3.62. The van der Waals surface area contributed by atoms with Gasteiger partial charge in [0.25, 0.3) is 0 Å². The summed E-state index contributed by atoms with van der Waals surface area (Å²) in [5.41, 5.74) is 0. The van der Waals surface area contributed by atoms with Crippen molar-refractivity contribution in [2.45, 2.75) is 25.6 Å². The Bertz CT molecular complexity index is 101. The fourth-order valence-corrected chi connectivity index (χ4v) is 0.866. The second-order valence-corrected chi connectivity index (χ2v) is 2.94. The van der Waals surface area contributed by atoms with Crippen LogP contribution in [0.4, 0.5) is 0 Å². The highest BCUT2D eigenvalue weighted by Gasteiger charge is 2.16. The van der Waals surface area contributed by atoms with Gasteiger partial charge in [0.15, 0.2) is 0 Å². The standard InChI is InChI=1S/C6H10ClO2/c1-4(2)3-5(7)6(8)9/h4-5H,3H2,1-2H3. The van der Waals surface area contributed by atoms with Crippen LogP contribution in [-0.2, 0) is 9.90 Å². The molecule has 0 saturated heterocycles. The zero-order chi connectivity index (χ0) is 7.44. The Morgan fingerprint density at radius 2 is 2.00 bits per heavy atom. The number of hydrogen-bond acceptors (Lipinski definition) is 1. The van der Waals surface area contributed by atoms with E-state index in [0.29, 0.717) is 12.3 Å². The quantitative estimate of drug-likeness (QED) is 0.562. The fraction of sp³-hybridized carbons (Fsp3) is 0.833. The van der Waals surface area contributed by atoms with Gasteiger partial charge in [-0.05, 0) is 12.3 Å². The van der Waals surface area contributed by atoms with E-state index in [9.17, 15) is 9.90 Å².